The van der Waals surface area contributed by atoms with Crippen LogP contribution in [0.1, 0.15) is 50.3 Å². The van der Waals surface area contributed by atoms with Gasteiger partial charge in [0.15, 0.2) is 11.8 Å². The van der Waals surface area contributed by atoms with Crippen molar-refractivity contribution >= 4 is 40.6 Å². The van der Waals surface area contributed by atoms with Gasteiger partial charge in [0.05, 0.1) is 19.3 Å². The number of esters is 1. The number of carbonyl (C=O) groups is 5. The van der Waals surface area contributed by atoms with Gasteiger partial charge in [-0.1, -0.05) is 30.3 Å². The van der Waals surface area contributed by atoms with E-state index in [4.69, 9.17) is 14.2 Å². The molecule has 0 aliphatic carbocycles. The summed E-state index contributed by atoms with van der Waals surface area (Å²) in [7, 11) is 1.20. The van der Waals surface area contributed by atoms with Gasteiger partial charge in [-0.05, 0) is 74.9 Å². The topological polar surface area (TPSA) is 145 Å². The third kappa shape index (κ3) is 9.20. The molecule has 2 N–H and O–H groups in total. The lowest BCUT2D eigenvalue weighted by atomic mass is 9.88. The van der Waals surface area contributed by atoms with Crippen LogP contribution in [0.2, 0.25) is 0 Å². The Hall–Kier alpha value is -5.04. The summed E-state index contributed by atoms with van der Waals surface area (Å²) in [5, 5.41) is 6.08. The van der Waals surface area contributed by atoms with Gasteiger partial charge in [0, 0.05) is 49.1 Å². The number of rotatable bonds is 6. The number of hydrogen-bond donors (Lipinski definition) is 2. The Labute approximate surface area is 296 Å². The maximum atomic E-state index is 14.6. The smallest absolute Gasteiger partial charge is 0.408 e. The number of fused-ring (bicyclic) bond motifs is 5. The van der Waals surface area contributed by atoms with Crippen molar-refractivity contribution in [3.8, 4) is 0 Å². The van der Waals surface area contributed by atoms with Gasteiger partial charge in [0.25, 0.3) is 0 Å². The normalized spacial score (nSPS) is 21.9. The maximum absolute atomic E-state index is 14.6. The number of Topliss-reactive ketones (excluding diaryl/α,β-unsaturated/α-hetero) is 1. The van der Waals surface area contributed by atoms with Crippen LogP contribution >= 0.6 is 0 Å². The molecule has 1 fully saturated rings. The second kappa shape index (κ2) is 15.9. The number of benzene rings is 2. The average molecular weight is 705 g/mol. The van der Waals surface area contributed by atoms with Crippen LogP contribution in [0.25, 0.3) is 10.9 Å². The van der Waals surface area contributed by atoms with Crippen LogP contribution in [0.3, 0.4) is 0 Å². The van der Waals surface area contributed by atoms with Gasteiger partial charge in [-0.2, -0.15) is 0 Å². The van der Waals surface area contributed by atoms with E-state index in [2.05, 4.69) is 17.2 Å². The lowest BCUT2D eigenvalue weighted by Crippen LogP contribution is -2.50. The summed E-state index contributed by atoms with van der Waals surface area (Å²) in [4.78, 5) is 69.3. The molecule has 2 aromatic carbocycles. The Bertz CT molecular complexity index is 1810. The fraction of sp³-hybridized carbons (Fsp3) is 0.447. The minimum atomic E-state index is -1.17. The van der Waals surface area contributed by atoms with E-state index in [1.807, 2.05) is 16.7 Å². The van der Waals surface area contributed by atoms with Crippen molar-refractivity contribution in [3.63, 3.8) is 0 Å². The first kappa shape index (κ1) is 37.2. The zero-order valence-electron chi connectivity index (χ0n) is 29.4. The summed E-state index contributed by atoms with van der Waals surface area (Å²) in [5.41, 5.74) is 1.96. The number of aromatic nitrogens is 1. The molecule has 5 rings (SSSR count). The molecule has 0 spiro atoms. The molecule has 3 amide bonds. The Morgan fingerprint density at radius 3 is 2.61 bits per heavy atom. The number of hydrogen-bond acceptors (Lipinski definition) is 8. The highest BCUT2D eigenvalue weighted by molar-refractivity contribution is 5.94. The molecule has 2 aliphatic rings. The zero-order chi connectivity index (χ0) is 36.9. The van der Waals surface area contributed by atoms with Crippen molar-refractivity contribution in [3.05, 3.63) is 83.8 Å². The SMILES string of the molecule is C=CCn1cc(C[C@@H]2CC(=O)[C@@H](NC(=O)OC(C)(C)C)Cc3cccc(c3)CNC(=O)CO[C@H]3CCN(C2=O)[C@@H]3C(=O)OC)c2cc(F)ccc21. The van der Waals surface area contributed by atoms with Crippen LogP contribution < -0.4 is 10.6 Å². The summed E-state index contributed by atoms with van der Waals surface area (Å²) in [5.74, 6) is -3.60. The molecule has 4 atom stereocenters. The van der Waals surface area contributed by atoms with E-state index in [9.17, 15) is 28.4 Å². The van der Waals surface area contributed by atoms with Gasteiger partial charge < -0.3 is 34.3 Å². The molecule has 13 heteroatoms. The second-order valence-electron chi connectivity index (χ2n) is 14.0. The van der Waals surface area contributed by atoms with Crippen molar-refractivity contribution in [2.24, 2.45) is 5.92 Å². The first-order chi connectivity index (χ1) is 24.3. The lowest BCUT2D eigenvalue weighted by Gasteiger charge is -2.30. The van der Waals surface area contributed by atoms with E-state index >= 15 is 0 Å². The van der Waals surface area contributed by atoms with E-state index in [0.717, 1.165) is 11.1 Å². The van der Waals surface area contributed by atoms with Crippen LogP contribution in [0, 0.1) is 11.7 Å². The Morgan fingerprint density at radius 1 is 1.12 bits per heavy atom. The third-order valence-electron chi connectivity index (χ3n) is 9.01. The molecule has 0 unspecified atom stereocenters. The van der Waals surface area contributed by atoms with Gasteiger partial charge >= 0.3 is 12.1 Å². The van der Waals surface area contributed by atoms with Crippen molar-refractivity contribution in [2.45, 2.75) is 83.3 Å². The molecule has 51 heavy (non-hydrogen) atoms. The fourth-order valence-electron chi connectivity index (χ4n) is 6.75. The number of amides is 3. The van der Waals surface area contributed by atoms with Gasteiger partial charge in [0.1, 0.15) is 18.0 Å². The number of ether oxygens (including phenoxy) is 3. The molecule has 1 aromatic heterocycles. The number of nitrogens with one attached hydrogen (secondary N) is 2. The number of methoxy groups -OCH3 is 1. The molecule has 3 aromatic rings. The maximum Gasteiger partial charge on any atom is 0.408 e. The van der Waals surface area contributed by atoms with Gasteiger partial charge in [-0.3, -0.25) is 14.4 Å². The summed E-state index contributed by atoms with van der Waals surface area (Å²) < 4.78 is 32.9. The van der Waals surface area contributed by atoms with Crippen molar-refractivity contribution in [1.82, 2.24) is 20.1 Å². The number of nitrogens with zero attached hydrogens (tertiary/aromatic N) is 2. The zero-order valence-corrected chi connectivity index (χ0v) is 29.4. The number of halogens is 1. The molecular weight excluding hydrogens is 659 g/mol. The molecule has 4 bridgehead atoms. The predicted molar refractivity (Wildman–Crippen MR) is 186 cm³/mol. The second-order valence-corrected chi connectivity index (χ2v) is 14.0. The number of allylic oxidation sites excluding steroid dienone is 1. The van der Waals surface area contributed by atoms with E-state index in [-0.39, 0.29) is 45.4 Å². The Balaban J connectivity index is 1.58. The van der Waals surface area contributed by atoms with Crippen LogP contribution in [-0.2, 0) is 59.3 Å². The Kier molecular flexibility index (Phi) is 11.6. The quantitative estimate of drug-likeness (QED) is 0.290. The van der Waals surface area contributed by atoms with Crippen molar-refractivity contribution in [1.29, 1.82) is 0 Å². The van der Waals surface area contributed by atoms with Gasteiger partial charge in [-0.15, -0.1) is 6.58 Å². The molecule has 272 valence electrons. The van der Waals surface area contributed by atoms with Crippen LogP contribution in [-0.4, -0.2) is 83.2 Å². The van der Waals surface area contributed by atoms with E-state index in [1.165, 1.54) is 24.1 Å². The van der Waals surface area contributed by atoms with E-state index in [1.54, 1.807) is 51.2 Å². The molecule has 0 radical (unpaired) electrons. The van der Waals surface area contributed by atoms with Crippen LogP contribution in [0.15, 0.2) is 61.3 Å². The number of ketones is 1. The minimum Gasteiger partial charge on any atom is -0.467 e. The number of alkyl carbamates (subject to hydrolysis) is 1. The molecule has 3 heterocycles. The third-order valence-corrected chi connectivity index (χ3v) is 9.01. The van der Waals surface area contributed by atoms with E-state index < -0.39 is 65.2 Å². The van der Waals surface area contributed by atoms with E-state index in [0.29, 0.717) is 23.1 Å². The fourth-order valence-corrected chi connectivity index (χ4v) is 6.75. The summed E-state index contributed by atoms with van der Waals surface area (Å²) in [6.45, 7) is 9.29. The molecule has 12 nitrogen and oxygen atoms in total. The Morgan fingerprint density at radius 2 is 1.88 bits per heavy atom. The molecular formula is C38H45FN4O8. The highest BCUT2D eigenvalue weighted by atomic mass is 19.1. The monoisotopic (exact) mass is 704 g/mol. The van der Waals surface area contributed by atoms with Crippen molar-refractivity contribution < 1.29 is 42.6 Å². The largest absolute Gasteiger partial charge is 0.467 e. The first-order valence-corrected chi connectivity index (χ1v) is 17.0. The molecule has 2 aliphatic heterocycles. The standard InChI is InChI=1S/C38H45FN4O8/c1-6-13-42-21-26(28-19-27(39)10-11-30(28)42)17-25-18-31(44)29(41-37(48)51-38(2,3)4)16-23-8-7-9-24(15-23)20-40-33(45)22-50-32-12-14-43(35(25)46)34(32)36(47)49-5/h6-11,15,19,21,25,29,32,34H,1,12-14,16-18,20,22H2,2-5H3,(H,40,45)(H,41,48)/t25-,29+,32+,34+/m1/s1. The predicted octanol–water partition coefficient (Wildman–Crippen LogP) is 4.01. The van der Waals surface area contributed by atoms with Gasteiger partial charge in [-0.25, -0.2) is 14.0 Å². The molecule has 0 saturated carbocycles. The highest BCUT2D eigenvalue weighted by Crippen LogP contribution is 2.31. The summed E-state index contributed by atoms with van der Waals surface area (Å²) in [6, 6.07) is 9.34. The summed E-state index contributed by atoms with van der Waals surface area (Å²) >= 11 is 0. The first-order valence-electron chi connectivity index (χ1n) is 17.0. The van der Waals surface area contributed by atoms with Crippen LogP contribution in [0.4, 0.5) is 9.18 Å². The number of carbonyl (C=O) groups excluding carboxylic acids is 5. The minimum absolute atomic E-state index is 0.0155. The van der Waals surface area contributed by atoms with Crippen LogP contribution in [0.5, 0.6) is 0 Å². The highest BCUT2D eigenvalue weighted by Gasteiger charge is 2.46. The van der Waals surface area contributed by atoms with Gasteiger partial charge in [0.2, 0.25) is 11.8 Å². The summed E-state index contributed by atoms with van der Waals surface area (Å²) in [6.07, 6.45) is 1.88. The van der Waals surface area contributed by atoms with Crippen molar-refractivity contribution in [2.75, 3.05) is 20.3 Å². The molecule has 1 saturated heterocycles. The lowest BCUT2D eigenvalue weighted by molar-refractivity contribution is -0.157. The average Bonchev–Trinajstić information content (AvgIpc) is 3.65.